The number of halogens is 1. The van der Waals surface area contributed by atoms with Gasteiger partial charge in [0, 0.05) is 12.5 Å². The van der Waals surface area contributed by atoms with Crippen LogP contribution >= 0.6 is 11.6 Å². The van der Waals surface area contributed by atoms with Gasteiger partial charge in [-0.1, -0.05) is 44.1 Å². The summed E-state index contributed by atoms with van der Waals surface area (Å²) < 4.78 is 12.4. The summed E-state index contributed by atoms with van der Waals surface area (Å²) in [5.74, 6) is 5.11. The summed E-state index contributed by atoms with van der Waals surface area (Å²) >= 11 is 6.00. The Labute approximate surface area is 220 Å². The second kappa shape index (κ2) is 10.8. The van der Waals surface area contributed by atoms with Crippen LogP contribution < -0.4 is 0 Å². The summed E-state index contributed by atoms with van der Waals surface area (Å²) in [4.78, 5) is 0. The average molecular weight is 504 g/mol. The quantitative estimate of drug-likeness (QED) is 0.196. The van der Waals surface area contributed by atoms with Gasteiger partial charge in [-0.25, -0.2) is 0 Å². The largest absolute Gasteiger partial charge is 0.353 e. The van der Waals surface area contributed by atoms with Crippen molar-refractivity contribution >= 4 is 11.6 Å². The molecule has 35 heavy (non-hydrogen) atoms. The fourth-order valence-corrected chi connectivity index (χ4v) is 9.71. The van der Waals surface area contributed by atoms with Gasteiger partial charge in [0.1, 0.15) is 0 Å². The molecule has 198 valence electrons. The van der Waals surface area contributed by atoms with E-state index in [0.29, 0.717) is 22.8 Å². The molecule has 0 radical (unpaired) electrons. The number of fused-ring (bicyclic) bond motifs is 5. The molecule has 4 fully saturated rings. The number of hydrogen-bond donors (Lipinski definition) is 0. The summed E-state index contributed by atoms with van der Waals surface area (Å²) in [6.45, 7) is 10.9. The highest BCUT2D eigenvalue weighted by Crippen LogP contribution is 2.67. The Morgan fingerprint density at radius 3 is 2.77 bits per heavy atom. The molecule has 1 aliphatic heterocycles. The van der Waals surface area contributed by atoms with Crippen LogP contribution in [0.5, 0.6) is 0 Å². The van der Waals surface area contributed by atoms with Crippen LogP contribution in [0.25, 0.3) is 0 Å². The molecule has 0 amide bonds. The normalized spacial score (nSPS) is 44.7. The lowest BCUT2D eigenvalue weighted by Gasteiger charge is -2.58. The molecular weight excluding hydrogens is 453 g/mol. The Balaban J connectivity index is 1.24. The van der Waals surface area contributed by atoms with Crippen molar-refractivity contribution in [2.24, 2.45) is 40.4 Å². The van der Waals surface area contributed by atoms with Crippen LogP contribution in [0.2, 0.25) is 0 Å². The summed E-state index contributed by atoms with van der Waals surface area (Å²) in [6, 6.07) is 0. The monoisotopic (exact) mass is 503 g/mol. The van der Waals surface area contributed by atoms with Crippen LogP contribution in [-0.4, -0.2) is 24.9 Å². The lowest BCUT2D eigenvalue weighted by molar-refractivity contribution is -0.195. The zero-order valence-electron chi connectivity index (χ0n) is 23.0. The standard InChI is InChI=1S/C32H51ClO2/c1-22(21-33)8-7-9-23(2)27-13-14-28-26-12-11-24-20-25(35-30-10-5-6-19-34-30)15-17-31(24,3)29(26)16-18-32(27,28)4/h8,11,23,25-30H,5-7,9-10,12-21H2,1-4H3/b22-8+/t23-,25+,26+,27-,28+,29+,30?,31+,32-/m1/s1/i1+1. The fraction of sp³-hybridized carbons (Fsp3) is 0.875. The summed E-state index contributed by atoms with van der Waals surface area (Å²) in [5.41, 5.74) is 4.02. The minimum absolute atomic E-state index is 0.0530. The predicted molar refractivity (Wildman–Crippen MR) is 147 cm³/mol. The van der Waals surface area contributed by atoms with Gasteiger partial charge >= 0.3 is 0 Å². The van der Waals surface area contributed by atoms with Crippen LogP contribution in [0, 0.1) is 40.4 Å². The molecule has 3 saturated carbocycles. The van der Waals surface area contributed by atoms with Crippen LogP contribution in [0.1, 0.15) is 111 Å². The van der Waals surface area contributed by atoms with Crippen LogP contribution in [-0.2, 0) is 9.47 Å². The molecule has 0 aromatic carbocycles. The number of ether oxygens (including phenoxy) is 2. The first-order chi connectivity index (χ1) is 16.8. The highest BCUT2D eigenvalue weighted by Gasteiger charge is 2.59. The number of hydrogen-bond acceptors (Lipinski definition) is 2. The zero-order chi connectivity index (χ0) is 24.6. The lowest BCUT2D eigenvalue weighted by Crippen LogP contribution is -2.51. The summed E-state index contributed by atoms with van der Waals surface area (Å²) in [7, 11) is 0. The van der Waals surface area contributed by atoms with E-state index in [1.54, 1.807) is 5.57 Å². The number of allylic oxidation sites excluding steroid dienone is 3. The van der Waals surface area contributed by atoms with E-state index >= 15 is 0 Å². The minimum atomic E-state index is 0.0530. The first-order valence-corrected chi connectivity index (χ1v) is 15.6. The van der Waals surface area contributed by atoms with Crippen molar-refractivity contribution in [3.05, 3.63) is 23.3 Å². The van der Waals surface area contributed by atoms with Crippen molar-refractivity contribution in [2.75, 3.05) is 12.5 Å². The molecule has 5 aliphatic rings. The molecule has 1 saturated heterocycles. The highest BCUT2D eigenvalue weighted by atomic mass is 35.5. The Hall–Kier alpha value is -0.310. The van der Waals surface area contributed by atoms with E-state index < -0.39 is 0 Å². The topological polar surface area (TPSA) is 18.5 Å². The van der Waals surface area contributed by atoms with E-state index in [9.17, 15) is 0 Å². The number of alkyl halides is 1. The maximum absolute atomic E-state index is 6.47. The Bertz CT molecular complexity index is 797. The van der Waals surface area contributed by atoms with Gasteiger partial charge in [0.05, 0.1) is 6.10 Å². The predicted octanol–water partition coefficient (Wildman–Crippen LogP) is 9.08. The SMILES string of the molecule is C[C@H](CC/C=C(\[13CH3])CCl)[C@H]1CC[C@H]2[C@@H]3CC=C4C[C@@H](OC5CCCCO5)CC[C@]4(C)[C@H]3CC[C@]12C. The van der Waals surface area contributed by atoms with Crippen molar-refractivity contribution in [3.63, 3.8) is 0 Å². The Morgan fingerprint density at radius 2 is 2.00 bits per heavy atom. The smallest absolute Gasteiger partial charge is 0.157 e. The average Bonchev–Trinajstić information content (AvgIpc) is 3.22. The van der Waals surface area contributed by atoms with Crippen LogP contribution in [0.3, 0.4) is 0 Å². The molecule has 5 rings (SSSR count). The fourth-order valence-electron chi connectivity index (χ4n) is 9.60. The molecule has 3 heteroatoms. The molecule has 0 aromatic rings. The van der Waals surface area contributed by atoms with Crippen LogP contribution in [0.15, 0.2) is 23.3 Å². The summed E-state index contributed by atoms with van der Waals surface area (Å²) in [6.07, 6.45) is 22.4. The third-order valence-electron chi connectivity index (χ3n) is 11.6. The number of rotatable bonds is 7. The third kappa shape index (κ3) is 5.07. The van der Waals surface area contributed by atoms with E-state index in [1.165, 1.54) is 76.2 Å². The highest BCUT2D eigenvalue weighted by molar-refractivity contribution is 6.19. The van der Waals surface area contributed by atoms with E-state index in [4.69, 9.17) is 21.1 Å². The minimum Gasteiger partial charge on any atom is -0.353 e. The van der Waals surface area contributed by atoms with E-state index in [2.05, 4.69) is 39.8 Å². The van der Waals surface area contributed by atoms with E-state index in [0.717, 1.165) is 49.0 Å². The second-order valence-corrected chi connectivity index (χ2v) is 13.8. The molecule has 0 N–H and O–H groups in total. The van der Waals surface area contributed by atoms with Gasteiger partial charge in [-0.3, -0.25) is 0 Å². The molecule has 2 nitrogen and oxygen atoms in total. The van der Waals surface area contributed by atoms with Gasteiger partial charge in [-0.2, -0.15) is 0 Å². The first-order valence-electron chi connectivity index (χ1n) is 15.0. The Morgan fingerprint density at radius 1 is 1.14 bits per heavy atom. The first kappa shape index (κ1) is 26.3. The lowest BCUT2D eigenvalue weighted by atomic mass is 9.47. The Kier molecular flexibility index (Phi) is 8.13. The van der Waals surface area contributed by atoms with Gasteiger partial charge in [0.2, 0.25) is 0 Å². The third-order valence-corrected chi connectivity index (χ3v) is 12.0. The molecular formula is C32H51ClO2. The van der Waals surface area contributed by atoms with Crippen molar-refractivity contribution < 1.29 is 9.47 Å². The molecule has 9 atom stereocenters. The van der Waals surface area contributed by atoms with Crippen LogP contribution in [0.4, 0.5) is 0 Å². The van der Waals surface area contributed by atoms with Crippen molar-refractivity contribution in [1.82, 2.24) is 0 Å². The van der Waals surface area contributed by atoms with Crippen molar-refractivity contribution in [2.45, 2.75) is 124 Å². The van der Waals surface area contributed by atoms with Crippen molar-refractivity contribution in [3.8, 4) is 0 Å². The van der Waals surface area contributed by atoms with Crippen molar-refractivity contribution in [1.29, 1.82) is 0 Å². The molecule has 1 heterocycles. The molecule has 0 spiro atoms. The van der Waals surface area contributed by atoms with Gasteiger partial charge < -0.3 is 9.47 Å². The maximum Gasteiger partial charge on any atom is 0.157 e. The van der Waals surface area contributed by atoms with Gasteiger partial charge in [-0.05, 0) is 131 Å². The second-order valence-electron chi connectivity index (χ2n) is 13.5. The summed E-state index contributed by atoms with van der Waals surface area (Å²) in [5, 5.41) is 0. The van der Waals surface area contributed by atoms with E-state index in [-0.39, 0.29) is 6.29 Å². The van der Waals surface area contributed by atoms with Gasteiger partial charge in [-0.15, -0.1) is 11.6 Å². The molecule has 0 aromatic heterocycles. The van der Waals surface area contributed by atoms with Gasteiger partial charge in [0.15, 0.2) is 6.29 Å². The maximum atomic E-state index is 6.47. The molecule has 4 aliphatic carbocycles. The zero-order valence-corrected chi connectivity index (χ0v) is 23.8. The van der Waals surface area contributed by atoms with E-state index in [1.807, 2.05) is 0 Å². The van der Waals surface area contributed by atoms with Gasteiger partial charge in [0.25, 0.3) is 0 Å². The molecule has 0 bridgehead atoms. The molecule has 1 unspecified atom stereocenters.